The van der Waals surface area contributed by atoms with Gasteiger partial charge in [0.25, 0.3) is 0 Å². The van der Waals surface area contributed by atoms with Gasteiger partial charge in [0.15, 0.2) is 17.0 Å². The Balaban J connectivity index is 1.28. The third kappa shape index (κ3) is 3.86. The van der Waals surface area contributed by atoms with Gasteiger partial charge in [-0.05, 0) is 48.9 Å². The molecule has 0 bridgehead atoms. The van der Waals surface area contributed by atoms with Crippen LogP contribution in [0.4, 0.5) is 5.82 Å². The van der Waals surface area contributed by atoms with Gasteiger partial charge >= 0.3 is 0 Å². The van der Waals surface area contributed by atoms with Gasteiger partial charge in [-0.3, -0.25) is 4.79 Å². The van der Waals surface area contributed by atoms with E-state index in [1.807, 2.05) is 49.4 Å². The Morgan fingerprint density at radius 2 is 1.93 bits per heavy atom. The first-order valence-electron chi connectivity index (χ1n) is 13.6. The van der Waals surface area contributed by atoms with Crippen LogP contribution in [0.5, 0.6) is 0 Å². The Labute approximate surface area is 231 Å². The van der Waals surface area contributed by atoms with Crippen LogP contribution < -0.4 is 10.6 Å². The highest BCUT2D eigenvalue weighted by Gasteiger charge is 2.75. The molecular formula is C31H30N6O3. The van der Waals surface area contributed by atoms with Crippen LogP contribution in [0.3, 0.4) is 0 Å². The molecule has 9 heteroatoms. The zero-order chi connectivity index (χ0) is 27.6. The van der Waals surface area contributed by atoms with Gasteiger partial charge in [-0.25, -0.2) is 15.0 Å². The number of carbonyl (C=O) groups is 1. The number of hydrogen-bond donors (Lipinski definition) is 4. The molecule has 7 atom stereocenters. The van der Waals surface area contributed by atoms with Crippen molar-refractivity contribution in [3.05, 3.63) is 83.4 Å². The number of rotatable bonds is 5. The highest BCUT2D eigenvalue weighted by atomic mass is 16.3. The molecule has 0 spiro atoms. The molecule has 3 aliphatic carbocycles. The SMILES string of the molecule is CNC(=O)C12CC1C(n1cnc3c(NC4CC4c4ccccc4)nc(C#Cc4cccc(C)c4)nc31)C(O)C2O. The van der Waals surface area contributed by atoms with Gasteiger partial charge in [0.05, 0.1) is 23.9 Å². The first-order valence-corrected chi connectivity index (χ1v) is 13.6. The molecule has 202 valence electrons. The predicted octanol–water partition coefficient (Wildman–Crippen LogP) is 2.53. The average Bonchev–Trinajstić information content (AvgIpc) is 3.85. The van der Waals surface area contributed by atoms with E-state index in [0.29, 0.717) is 35.1 Å². The second-order valence-corrected chi connectivity index (χ2v) is 11.2. The van der Waals surface area contributed by atoms with Crippen molar-refractivity contribution < 1.29 is 15.0 Å². The monoisotopic (exact) mass is 534 g/mol. The van der Waals surface area contributed by atoms with E-state index in [2.05, 4.69) is 39.6 Å². The number of amides is 1. The number of fused-ring (bicyclic) bond motifs is 2. The maximum Gasteiger partial charge on any atom is 0.229 e. The lowest BCUT2D eigenvalue weighted by Gasteiger charge is -2.23. The summed E-state index contributed by atoms with van der Waals surface area (Å²) >= 11 is 0. The first kappa shape index (κ1) is 24.8. The second kappa shape index (κ2) is 9.15. The van der Waals surface area contributed by atoms with Crippen LogP contribution in [0.1, 0.15) is 47.3 Å². The summed E-state index contributed by atoms with van der Waals surface area (Å²) in [5.74, 6) is 7.09. The molecular weight excluding hydrogens is 504 g/mol. The van der Waals surface area contributed by atoms with Gasteiger partial charge in [0.1, 0.15) is 6.10 Å². The highest BCUT2D eigenvalue weighted by Crippen LogP contribution is 2.67. The number of nitrogens with zero attached hydrogens (tertiary/aromatic N) is 4. The molecule has 4 N–H and O–H groups in total. The van der Waals surface area contributed by atoms with E-state index in [9.17, 15) is 15.0 Å². The van der Waals surface area contributed by atoms with E-state index in [0.717, 1.165) is 17.5 Å². The summed E-state index contributed by atoms with van der Waals surface area (Å²) in [6.45, 7) is 2.02. The molecule has 2 heterocycles. The lowest BCUT2D eigenvalue weighted by atomic mass is 9.98. The Morgan fingerprint density at radius 3 is 2.70 bits per heavy atom. The van der Waals surface area contributed by atoms with Crippen LogP contribution in [0.15, 0.2) is 60.9 Å². The summed E-state index contributed by atoms with van der Waals surface area (Å²) in [7, 11) is 1.55. The van der Waals surface area contributed by atoms with Crippen LogP contribution in [-0.2, 0) is 4.79 Å². The van der Waals surface area contributed by atoms with Crippen molar-refractivity contribution in [3.8, 4) is 11.8 Å². The predicted molar refractivity (Wildman–Crippen MR) is 149 cm³/mol. The van der Waals surface area contributed by atoms with Gasteiger partial charge in [0.2, 0.25) is 11.7 Å². The molecule has 4 aromatic rings. The largest absolute Gasteiger partial charge is 0.389 e. The second-order valence-electron chi connectivity index (χ2n) is 11.2. The third-order valence-electron chi connectivity index (χ3n) is 8.74. The van der Waals surface area contributed by atoms with Crippen LogP contribution in [0, 0.1) is 30.1 Å². The Bertz CT molecular complexity index is 1690. The van der Waals surface area contributed by atoms with Crippen molar-refractivity contribution >= 4 is 22.9 Å². The summed E-state index contributed by atoms with van der Waals surface area (Å²) in [6, 6.07) is 18.0. The van der Waals surface area contributed by atoms with Crippen molar-refractivity contribution in [2.75, 3.05) is 12.4 Å². The summed E-state index contributed by atoms with van der Waals surface area (Å²) in [5.41, 5.74) is 3.34. The minimum Gasteiger partial charge on any atom is -0.389 e. The molecule has 7 unspecified atom stereocenters. The standard InChI is InChI=1S/C31H30N6O3/c1-17-7-6-8-18(13-17)11-12-23-35-28(34-22-14-20(22)19-9-4-3-5-10-19)24-29(36-23)37(16-33-24)25-21-15-31(21,30(40)32-2)27(39)26(25)38/h3-10,13,16,20-22,25-27,38-39H,14-15H2,1-2H3,(H,32,40)(H,34,35,36). The quantitative estimate of drug-likeness (QED) is 0.290. The molecule has 7 rings (SSSR count). The fourth-order valence-corrected chi connectivity index (χ4v) is 6.53. The molecule has 3 fully saturated rings. The lowest BCUT2D eigenvalue weighted by molar-refractivity contribution is -0.132. The maximum atomic E-state index is 12.7. The number of anilines is 1. The number of hydrogen-bond acceptors (Lipinski definition) is 7. The number of aliphatic hydroxyl groups is 2. The topological polar surface area (TPSA) is 125 Å². The molecule has 0 aliphatic heterocycles. The number of carbonyl (C=O) groups excluding carboxylic acids is 1. The molecule has 2 aromatic carbocycles. The van der Waals surface area contributed by atoms with Crippen LogP contribution >= 0.6 is 0 Å². The van der Waals surface area contributed by atoms with Gasteiger partial charge < -0.3 is 25.4 Å². The molecule has 0 saturated heterocycles. The van der Waals surface area contributed by atoms with Crippen LogP contribution in [0.2, 0.25) is 0 Å². The van der Waals surface area contributed by atoms with Gasteiger partial charge in [0, 0.05) is 30.5 Å². The van der Waals surface area contributed by atoms with Crippen molar-refractivity contribution in [2.24, 2.45) is 11.3 Å². The summed E-state index contributed by atoms with van der Waals surface area (Å²) in [4.78, 5) is 26.8. The minimum absolute atomic E-state index is 0.200. The fourth-order valence-electron chi connectivity index (χ4n) is 6.53. The normalized spacial score (nSPS) is 29.8. The van der Waals surface area contributed by atoms with Gasteiger partial charge in [-0.2, -0.15) is 0 Å². The van der Waals surface area contributed by atoms with Crippen LogP contribution in [0.25, 0.3) is 11.2 Å². The van der Waals surface area contributed by atoms with Crippen LogP contribution in [-0.4, -0.2) is 60.9 Å². The number of benzene rings is 2. The van der Waals surface area contributed by atoms with E-state index >= 15 is 0 Å². The fraction of sp³-hybridized carbons (Fsp3) is 0.355. The first-order chi connectivity index (χ1) is 19.4. The van der Waals surface area contributed by atoms with Crippen molar-refractivity contribution in [1.82, 2.24) is 24.8 Å². The van der Waals surface area contributed by atoms with E-state index in [4.69, 9.17) is 9.97 Å². The summed E-state index contributed by atoms with van der Waals surface area (Å²) < 4.78 is 1.79. The zero-order valence-electron chi connectivity index (χ0n) is 22.2. The zero-order valence-corrected chi connectivity index (χ0v) is 22.2. The minimum atomic E-state index is -1.17. The Morgan fingerprint density at radius 1 is 1.10 bits per heavy atom. The van der Waals surface area contributed by atoms with Crippen molar-refractivity contribution in [2.45, 2.75) is 50.0 Å². The molecule has 3 aliphatic rings. The van der Waals surface area contributed by atoms with E-state index in [-0.39, 0.29) is 17.9 Å². The van der Waals surface area contributed by atoms with E-state index in [1.54, 1.807) is 17.9 Å². The number of nitrogens with one attached hydrogen (secondary N) is 2. The Kier molecular flexibility index (Phi) is 5.66. The van der Waals surface area contributed by atoms with Gasteiger partial charge in [-0.15, -0.1) is 0 Å². The van der Waals surface area contributed by atoms with E-state index in [1.165, 1.54) is 5.56 Å². The molecule has 1 amide bonds. The highest BCUT2D eigenvalue weighted by molar-refractivity contribution is 5.88. The Hall–Kier alpha value is -4.26. The maximum absolute atomic E-state index is 12.7. The third-order valence-corrected chi connectivity index (χ3v) is 8.74. The number of aliphatic hydroxyl groups excluding tert-OH is 2. The smallest absolute Gasteiger partial charge is 0.229 e. The average molecular weight is 535 g/mol. The summed E-state index contributed by atoms with van der Waals surface area (Å²) in [5, 5.41) is 28.2. The molecule has 9 nitrogen and oxygen atoms in total. The lowest BCUT2D eigenvalue weighted by Crippen LogP contribution is -2.41. The molecule has 2 aromatic heterocycles. The number of aromatic nitrogens is 4. The summed E-state index contributed by atoms with van der Waals surface area (Å²) in [6.07, 6.45) is 0.797. The number of imidazole rings is 1. The molecule has 3 saturated carbocycles. The van der Waals surface area contributed by atoms with E-state index < -0.39 is 23.7 Å². The number of aryl methyl sites for hydroxylation is 1. The van der Waals surface area contributed by atoms with Crippen molar-refractivity contribution in [1.29, 1.82) is 0 Å². The van der Waals surface area contributed by atoms with Gasteiger partial charge in [-0.1, -0.05) is 48.4 Å². The molecule has 40 heavy (non-hydrogen) atoms. The van der Waals surface area contributed by atoms with Crippen molar-refractivity contribution in [3.63, 3.8) is 0 Å². The molecule has 0 radical (unpaired) electrons.